The van der Waals surface area contributed by atoms with E-state index in [0.29, 0.717) is 6.42 Å². The molecule has 17 heavy (non-hydrogen) atoms. The molecular weight excluding hydrogens is 246 g/mol. The van der Waals surface area contributed by atoms with Gasteiger partial charge >= 0.3 is 5.97 Å². The minimum absolute atomic E-state index is 0.0243. The van der Waals surface area contributed by atoms with Crippen LogP contribution in [0.1, 0.15) is 32.6 Å². The van der Waals surface area contributed by atoms with Crippen LogP contribution in [0.4, 0.5) is 0 Å². The number of hydrogen-bond donors (Lipinski definition) is 2. The number of carbonyl (C=O) groups is 1. The molecule has 0 bridgehead atoms. The molecule has 1 aliphatic heterocycles. The summed E-state index contributed by atoms with van der Waals surface area (Å²) >= 11 is 0. The number of hydrogen-bond acceptors (Lipinski definition) is 5. The topological polar surface area (TPSA) is 92.7 Å². The van der Waals surface area contributed by atoms with Crippen molar-refractivity contribution in [1.82, 2.24) is 4.72 Å². The molecule has 0 aromatic carbocycles. The molecule has 7 heteroatoms. The van der Waals surface area contributed by atoms with Crippen LogP contribution >= 0.6 is 0 Å². The van der Waals surface area contributed by atoms with Crippen molar-refractivity contribution in [3.05, 3.63) is 0 Å². The Morgan fingerprint density at radius 1 is 1.41 bits per heavy atom. The van der Waals surface area contributed by atoms with Gasteiger partial charge < -0.3 is 9.84 Å². The maximum atomic E-state index is 11.6. The van der Waals surface area contributed by atoms with Gasteiger partial charge in [0.1, 0.15) is 18.8 Å². The molecule has 0 spiro atoms. The van der Waals surface area contributed by atoms with Crippen LogP contribution < -0.4 is 4.72 Å². The molecule has 0 amide bonds. The number of carbonyl (C=O) groups excluding carboxylic acids is 1. The summed E-state index contributed by atoms with van der Waals surface area (Å²) in [5.41, 5.74) is 0. The Morgan fingerprint density at radius 3 is 2.65 bits per heavy atom. The normalized spacial score (nSPS) is 24.9. The number of aliphatic hydroxyl groups excluding tert-OH is 1. The predicted molar refractivity (Wildman–Crippen MR) is 61.8 cm³/mol. The zero-order valence-electron chi connectivity index (χ0n) is 9.89. The van der Waals surface area contributed by atoms with Crippen molar-refractivity contribution < 1.29 is 23.1 Å². The summed E-state index contributed by atoms with van der Waals surface area (Å²) in [5.74, 6) is -0.738. The van der Waals surface area contributed by atoms with E-state index in [1.54, 1.807) is 0 Å². The van der Waals surface area contributed by atoms with Gasteiger partial charge in [-0.05, 0) is 6.42 Å². The quantitative estimate of drug-likeness (QED) is 0.490. The van der Waals surface area contributed by atoms with Crippen molar-refractivity contribution in [2.24, 2.45) is 0 Å². The monoisotopic (exact) mass is 265 g/mol. The van der Waals surface area contributed by atoms with Crippen LogP contribution in [0.2, 0.25) is 0 Å². The van der Waals surface area contributed by atoms with Gasteiger partial charge in [0.2, 0.25) is 10.0 Å². The van der Waals surface area contributed by atoms with Crippen molar-refractivity contribution in [3.63, 3.8) is 0 Å². The highest BCUT2D eigenvalue weighted by molar-refractivity contribution is 7.89. The number of ether oxygens (including phenoxy) is 1. The second-order valence-corrected chi connectivity index (χ2v) is 6.05. The Hall–Kier alpha value is -0.660. The maximum Gasteiger partial charge on any atom is 0.327 e. The second kappa shape index (κ2) is 6.32. The average molecular weight is 265 g/mol. The first kappa shape index (κ1) is 14.4. The van der Waals surface area contributed by atoms with Crippen molar-refractivity contribution in [3.8, 4) is 0 Å². The molecule has 1 saturated heterocycles. The summed E-state index contributed by atoms with van der Waals surface area (Å²) in [4.78, 5) is 11.1. The summed E-state index contributed by atoms with van der Waals surface area (Å²) in [6.07, 6.45) is 2.33. The Morgan fingerprint density at radius 2 is 2.12 bits per heavy atom. The number of aliphatic hydroxyl groups is 1. The van der Waals surface area contributed by atoms with Crippen molar-refractivity contribution in [2.75, 3.05) is 12.4 Å². The third-order valence-electron chi connectivity index (χ3n) is 2.61. The van der Waals surface area contributed by atoms with Crippen LogP contribution in [-0.2, 0) is 19.6 Å². The van der Waals surface area contributed by atoms with Gasteiger partial charge in [0, 0.05) is 0 Å². The number of nitrogens with one attached hydrogen (secondary N) is 1. The van der Waals surface area contributed by atoms with Crippen molar-refractivity contribution in [2.45, 2.75) is 44.8 Å². The molecule has 1 aliphatic rings. The van der Waals surface area contributed by atoms with Crippen molar-refractivity contribution >= 4 is 16.0 Å². The maximum absolute atomic E-state index is 11.6. The zero-order chi connectivity index (χ0) is 12.9. The molecule has 1 heterocycles. The molecule has 0 aromatic heterocycles. The minimum atomic E-state index is -3.52. The second-order valence-electron chi connectivity index (χ2n) is 4.17. The van der Waals surface area contributed by atoms with Gasteiger partial charge in [0.15, 0.2) is 0 Å². The van der Waals surface area contributed by atoms with Gasteiger partial charge in [0.25, 0.3) is 0 Å². The molecule has 1 fully saturated rings. The smallest absolute Gasteiger partial charge is 0.327 e. The van der Waals surface area contributed by atoms with Crippen LogP contribution in [0.25, 0.3) is 0 Å². The highest BCUT2D eigenvalue weighted by Gasteiger charge is 2.38. The number of sulfonamides is 1. The molecule has 0 aliphatic carbocycles. The largest absolute Gasteiger partial charge is 0.462 e. The van der Waals surface area contributed by atoms with Crippen LogP contribution in [0.15, 0.2) is 0 Å². The lowest BCUT2D eigenvalue weighted by Crippen LogP contribution is -2.45. The lowest BCUT2D eigenvalue weighted by molar-refractivity contribution is -0.139. The minimum Gasteiger partial charge on any atom is -0.462 e. The van der Waals surface area contributed by atoms with Gasteiger partial charge in [-0.15, -0.1) is 0 Å². The van der Waals surface area contributed by atoms with Gasteiger partial charge in [-0.1, -0.05) is 26.2 Å². The zero-order valence-corrected chi connectivity index (χ0v) is 10.7. The molecule has 2 atom stereocenters. The Balaban J connectivity index is 2.40. The van der Waals surface area contributed by atoms with E-state index in [-0.39, 0.29) is 12.4 Å². The first-order valence-electron chi connectivity index (χ1n) is 5.81. The van der Waals surface area contributed by atoms with E-state index >= 15 is 0 Å². The summed E-state index contributed by atoms with van der Waals surface area (Å²) in [7, 11) is -3.52. The first-order valence-corrected chi connectivity index (χ1v) is 7.46. The van der Waals surface area contributed by atoms with Gasteiger partial charge in [-0.25, -0.2) is 8.42 Å². The van der Waals surface area contributed by atoms with Gasteiger partial charge in [-0.3, -0.25) is 4.79 Å². The third-order valence-corrected chi connectivity index (χ3v) is 4.05. The summed E-state index contributed by atoms with van der Waals surface area (Å²) < 4.78 is 30.0. The SMILES string of the molecule is CCCCCCS(=O)(=O)NC1C(=O)OCC1O. The highest BCUT2D eigenvalue weighted by Crippen LogP contribution is 2.09. The number of unbranched alkanes of at least 4 members (excludes halogenated alkanes) is 3. The molecule has 0 saturated carbocycles. The summed E-state index contributed by atoms with van der Waals surface area (Å²) in [6.45, 7) is 1.89. The number of esters is 1. The number of cyclic esters (lactones) is 1. The first-order chi connectivity index (χ1) is 7.96. The van der Waals surface area contributed by atoms with E-state index in [2.05, 4.69) is 9.46 Å². The molecule has 2 N–H and O–H groups in total. The lowest BCUT2D eigenvalue weighted by Gasteiger charge is -2.12. The fourth-order valence-corrected chi connectivity index (χ4v) is 2.95. The molecule has 2 unspecified atom stereocenters. The van der Waals surface area contributed by atoms with E-state index in [0.717, 1.165) is 19.3 Å². The van der Waals surface area contributed by atoms with Crippen LogP contribution in [0.5, 0.6) is 0 Å². The highest BCUT2D eigenvalue weighted by atomic mass is 32.2. The molecule has 6 nitrogen and oxygen atoms in total. The van der Waals surface area contributed by atoms with Crippen LogP contribution in [0.3, 0.4) is 0 Å². The third kappa shape index (κ3) is 4.61. The van der Waals surface area contributed by atoms with E-state index in [1.807, 2.05) is 6.92 Å². The van der Waals surface area contributed by atoms with Gasteiger partial charge in [-0.2, -0.15) is 4.72 Å². The van der Waals surface area contributed by atoms with Crippen LogP contribution in [0, 0.1) is 0 Å². The fourth-order valence-electron chi connectivity index (χ4n) is 1.61. The standard InChI is InChI=1S/C10H19NO5S/c1-2-3-4-5-6-17(14,15)11-9-8(12)7-16-10(9)13/h8-9,11-12H,2-7H2,1H3. The van der Waals surface area contributed by atoms with E-state index < -0.39 is 28.1 Å². The fraction of sp³-hybridized carbons (Fsp3) is 0.900. The van der Waals surface area contributed by atoms with E-state index in [1.165, 1.54) is 0 Å². The molecule has 100 valence electrons. The molecule has 1 rings (SSSR count). The Labute approximate surface area is 101 Å². The predicted octanol–water partition coefficient (Wildman–Crippen LogP) is -0.228. The van der Waals surface area contributed by atoms with Crippen LogP contribution in [-0.4, -0.2) is 44.0 Å². The number of rotatable bonds is 7. The van der Waals surface area contributed by atoms with E-state index in [4.69, 9.17) is 0 Å². The summed E-state index contributed by atoms with van der Waals surface area (Å²) in [6, 6.07) is -1.15. The van der Waals surface area contributed by atoms with Crippen molar-refractivity contribution in [1.29, 1.82) is 0 Å². The molecule has 0 radical (unpaired) electrons. The lowest BCUT2D eigenvalue weighted by atomic mass is 10.2. The van der Waals surface area contributed by atoms with E-state index in [9.17, 15) is 18.3 Å². The average Bonchev–Trinajstić information content (AvgIpc) is 2.56. The van der Waals surface area contributed by atoms with Gasteiger partial charge in [0.05, 0.1) is 5.75 Å². The molecular formula is C10H19NO5S. The summed E-state index contributed by atoms with van der Waals surface area (Å²) in [5, 5.41) is 9.36. The Bertz CT molecular complexity index is 354. The molecule has 0 aromatic rings. The Kier molecular flexibility index (Phi) is 5.35.